The van der Waals surface area contributed by atoms with Gasteiger partial charge in [-0.25, -0.2) is 4.79 Å². The molecular formula is C68H134IN5O19S8VY-2. The van der Waals surface area contributed by atoms with E-state index >= 15 is 0 Å². The Morgan fingerprint density at radius 2 is 1.00 bits per heavy atom. The summed E-state index contributed by atoms with van der Waals surface area (Å²) in [5.74, 6) is 2.90. The zero-order valence-corrected chi connectivity index (χ0v) is 74.9. The molecule has 0 spiro atoms. The molecule has 0 aliphatic heterocycles. The summed E-state index contributed by atoms with van der Waals surface area (Å²) in [5, 5.41) is 26.0. The molecule has 610 valence electrons. The summed E-state index contributed by atoms with van der Waals surface area (Å²) in [6.07, 6.45) is 20.2. The van der Waals surface area contributed by atoms with E-state index in [0.29, 0.717) is 67.8 Å². The van der Waals surface area contributed by atoms with E-state index in [1.807, 2.05) is 34.0 Å². The molecule has 2 radical (unpaired) electrons. The molecular weight excluding hydrogens is 1710 g/mol. The van der Waals surface area contributed by atoms with Gasteiger partial charge in [0.2, 0.25) is 11.8 Å². The van der Waals surface area contributed by atoms with E-state index in [9.17, 15) is 67.4 Å². The summed E-state index contributed by atoms with van der Waals surface area (Å²) < 4.78 is 26.8. The van der Waals surface area contributed by atoms with E-state index in [4.69, 9.17) is 28.0 Å². The van der Waals surface area contributed by atoms with Gasteiger partial charge in [0, 0.05) is 146 Å². The van der Waals surface area contributed by atoms with E-state index in [0.717, 1.165) is 55.8 Å². The number of hydrogen-bond donors (Lipinski definition) is 7. The number of Topliss-reactive ketones (excluding diaryl/α,β-unsaturated/α-hetero) is 6. The predicted molar refractivity (Wildman–Crippen MR) is 430 cm³/mol. The number of carbonyl (C=O) groups is 12. The van der Waals surface area contributed by atoms with Crippen molar-refractivity contribution >= 4 is 165 Å². The van der Waals surface area contributed by atoms with Gasteiger partial charge in [0.15, 0.2) is 10.9 Å². The van der Waals surface area contributed by atoms with Gasteiger partial charge >= 0.3 is 146 Å². The normalized spacial score (nSPS) is 12.7. The number of thioether (sulfide) groups is 1. The molecule has 103 heavy (non-hydrogen) atoms. The molecule has 24 nitrogen and oxygen atoms in total. The van der Waals surface area contributed by atoms with Crippen LogP contribution in [0.2, 0.25) is 0 Å². The Morgan fingerprint density at radius 1 is 0.534 bits per heavy atom. The van der Waals surface area contributed by atoms with Crippen LogP contribution in [0, 0.1) is 36.0 Å². The molecule has 3 amide bonds. The van der Waals surface area contributed by atoms with Gasteiger partial charge in [-0.2, -0.15) is 0 Å². The second-order valence-electron chi connectivity index (χ2n) is 24.0. The minimum absolute atomic E-state index is 0. The number of ketones is 6. The van der Waals surface area contributed by atoms with Crippen LogP contribution >= 0.6 is 89.2 Å². The minimum atomic E-state index is -1.18. The van der Waals surface area contributed by atoms with Crippen molar-refractivity contribution in [3.63, 3.8) is 0 Å². The number of amides is 3. The molecule has 0 unspecified atom stereocenters. The molecule has 0 aromatic carbocycles. The number of thiol groups is 1. The Hall–Kier alpha value is -0.442. The van der Waals surface area contributed by atoms with Crippen LogP contribution in [0.3, 0.4) is 0 Å². The van der Waals surface area contributed by atoms with Gasteiger partial charge in [-0.3, -0.25) is 43.2 Å². The second-order valence-corrected chi connectivity index (χ2v) is 35.4. The standard InChI is InChI=1S/C41H73IN4O13S.C18H30O4S5.C9H15O2S2.H2N.V.Y.7H2/c43-42-34(30-47)33-60-29-22-45-39(51)32-59-28-25-56-23-15-16-35(48)31-58-27-26-57-24-21-44-37(49)20-19-36(41(54)55)46-38(50)17-13-11-9-7-5-3-1-2-4-6-8-10-12-14-18-40(52)53;1-11(14(4)19)7-24-27-10-16(15(5)20)6-17(21)12(2)8-25-26-9-13(3)18(22)23;1-7(9(3)11)6-13-12-5-4-8(2)10;;;;;;;;;;/h34,36H,1-29,31-33,43H2,(H,44,49)(H,45,51)(H,46,50)(H,52,53)(H,54,55);11-13,16H,6-10H2,1-5H3,(H,22,23);4,7H,5-6H2,1-3H3;1H2;;;7*1H/q-2;;2*-1;+2;;;;;;;;/t34-,36+;11-,12-,13-,16-;7-;;;;;;;;;;/m100........../s1. The van der Waals surface area contributed by atoms with Crippen LogP contribution < -0.4 is 41.4 Å². The van der Waals surface area contributed by atoms with Crippen molar-refractivity contribution in [2.24, 2.45) is 33.5 Å². The molecule has 0 bridgehead atoms. The number of nitrogens with two attached hydrogens (primary N) is 2. The molecule has 35 heteroatoms. The Labute approximate surface area is 706 Å². The third-order valence-corrected chi connectivity index (χ3v) is 26.1. The first kappa shape index (κ1) is 113. The Balaban J connectivity index is -0.000000143. The minimum Gasteiger partial charge on any atom is -0.693 e. The van der Waals surface area contributed by atoms with Crippen molar-refractivity contribution in [3.05, 3.63) is 12.6 Å². The van der Waals surface area contributed by atoms with Gasteiger partial charge in [0.1, 0.15) is 35.8 Å². The van der Waals surface area contributed by atoms with Crippen molar-refractivity contribution in [2.45, 2.75) is 200 Å². The van der Waals surface area contributed by atoms with Crippen LogP contribution in [0.1, 0.15) is 200 Å². The van der Waals surface area contributed by atoms with Crippen molar-refractivity contribution in [3.8, 4) is 0 Å². The Kier molecular flexibility index (Phi) is 89.3. The Morgan fingerprint density at radius 3 is 1.49 bits per heavy atom. The van der Waals surface area contributed by atoms with Crippen LogP contribution in [0.5, 0.6) is 0 Å². The maximum atomic E-state index is 12.4. The van der Waals surface area contributed by atoms with Crippen molar-refractivity contribution in [2.75, 3.05) is 112 Å². The second kappa shape index (κ2) is 81.1. The molecule has 0 aliphatic carbocycles. The molecule has 0 aromatic rings. The number of unbranched alkanes of at least 4 members (excludes halogenated alkanes) is 13. The summed E-state index contributed by atoms with van der Waals surface area (Å²) >= 11 is 4.71. The fourth-order valence-corrected chi connectivity index (χ4v) is 18.2. The molecule has 0 saturated carbocycles. The first-order valence-corrected chi connectivity index (χ1v) is 46.0. The third-order valence-electron chi connectivity index (χ3n) is 14.6. The number of aliphatic carboxylic acids is 2. The van der Waals surface area contributed by atoms with Crippen LogP contribution in [-0.4, -0.2) is 208 Å². The van der Waals surface area contributed by atoms with Gasteiger partial charge in [-0.05, 0) is 59.2 Å². The molecule has 9 N–H and O–H groups in total. The molecule has 0 aliphatic rings. The molecule has 0 rings (SSSR count). The predicted octanol–water partition coefficient (Wildman–Crippen LogP) is 10.2. The summed E-state index contributed by atoms with van der Waals surface area (Å²) in [7, 11) is 9.56. The monoisotopic (exact) mass is 1850 g/mol. The van der Waals surface area contributed by atoms with E-state index in [1.54, 1.807) is 104 Å². The quantitative estimate of drug-likeness (QED) is 0.00566. The number of halogens is 1. The zero-order chi connectivity index (χ0) is 75.6. The SMILES string of the molecule is CC(=O)[C@H](CSSC[C@H](C)C(C)=O)CC(=O)[C@@H](C)CSSC[C@H](C)C(=O)S.CC(=O)[CH-]CSSC[C@H](C)C(C)=O.N[I-][C@H]([C-]=O)CSCCNC(=O)COCCOCCCC(=O)COCCOCCNC(=O)CC[C@H](NC(=O)CCCCCCCCCCCCCCCCC(=O)O)C(=O)O.[HH].[HH].[HH].[HH].[HH].[HH].[HH].[NH2-].[V+2].[Y]. The smallest absolute Gasteiger partial charge is 0.693 e. The summed E-state index contributed by atoms with van der Waals surface area (Å²) in [6, 6.07) is -1.14. The maximum absolute atomic E-state index is 12.4. The van der Waals surface area contributed by atoms with Gasteiger partial charge in [-0.1, -0.05) is 159 Å². The van der Waals surface area contributed by atoms with E-state index < -0.39 is 39.5 Å². The molecule has 0 saturated heterocycles. The molecule has 0 aromatic heterocycles. The Bertz CT molecular complexity index is 2330. The van der Waals surface area contributed by atoms with Gasteiger partial charge in [0.05, 0.1) is 19.8 Å². The first-order valence-electron chi connectivity index (χ1n) is 34.4. The number of alkyl halides is 1. The molecule has 7 atom stereocenters. The van der Waals surface area contributed by atoms with Crippen LogP contribution in [-0.2, 0) is 133 Å². The number of carboxylic acids is 2. The molecule has 0 heterocycles. The van der Waals surface area contributed by atoms with Crippen LogP contribution in [0.25, 0.3) is 6.15 Å². The fourth-order valence-electron chi connectivity index (χ4n) is 7.76. The average Bonchev–Trinajstić information content (AvgIpc) is 0.912. The third kappa shape index (κ3) is 80.9. The van der Waals surface area contributed by atoms with Crippen molar-refractivity contribution < 1.29 is 174 Å². The topological polar surface area (TPSA) is 395 Å². The summed E-state index contributed by atoms with van der Waals surface area (Å²) in [6.45, 7) is 15.9. The first-order chi connectivity index (χ1) is 47.7. The number of carbonyl (C=O) groups excluding carboxylic acids is 11. The van der Waals surface area contributed by atoms with E-state index in [2.05, 4.69) is 28.6 Å². The van der Waals surface area contributed by atoms with E-state index in [-0.39, 0.29) is 237 Å². The zero-order valence-electron chi connectivity index (χ0n) is 61.9. The van der Waals surface area contributed by atoms with Gasteiger partial charge < -0.3 is 47.7 Å². The summed E-state index contributed by atoms with van der Waals surface area (Å²) in [5.41, 5.74) is 0. The number of hydrogen-bond acceptors (Lipinski definition) is 25. The van der Waals surface area contributed by atoms with Crippen molar-refractivity contribution in [1.29, 1.82) is 0 Å². The van der Waals surface area contributed by atoms with Crippen LogP contribution in [0.4, 0.5) is 0 Å². The fraction of sp³-hybridized carbons (Fsp3) is 0.794. The van der Waals surface area contributed by atoms with Gasteiger partial charge in [-0.15, -0.1) is 29.2 Å². The van der Waals surface area contributed by atoms with E-state index in [1.165, 1.54) is 51.9 Å². The average molecular weight is 1850 g/mol. The molecule has 0 fully saturated rings. The van der Waals surface area contributed by atoms with Gasteiger partial charge in [0.25, 0.3) is 0 Å². The number of ether oxygens (including phenoxy) is 4. The summed E-state index contributed by atoms with van der Waals surface area (Å²) in [4.78, 5) is 149. The van der Waals surface area contributed by atoms with Crippen LogP contribution in [0.15, 0.2) is 0 Å². The van der Waals surface area contributed by atoms with Crippen molar-refractivity contribution in [1.82, 2.24) is 16.0 Å². The number of carboxylic acid groups (broad SMARTS) is 2. The number of nitrogens with one attached hydrogen (secondary N) is 3. The number of rotatable bonds is 69.